The van der Waals surface area contributed by atoms with Crippen LogP contribution in [-0.4, -0.2) is 55.7 Å². The summed E-state index contributed by atoms with van der Waals surface area (Å²) in [6, 6.07) is 3.80. The van der Waals surface area contributed by atoms with Gasteiger partial charge >= 0.3 is 6.03 Å². The molecule has 2 amide bonds. The van der Waals surface area contributed by atoms with Crippen molar-refractivity contribution in [1.82, 2.24) is 15.2 Å². The molecule has 0 radical (unpaired) electrons. The van der Waals surface area contributed by atoms with Gasteiger partial charge in [0.15, 0.2) is 0 Å². The highest BCUT2D eigenvalue weighted by Gasteiger charge is 2.20. The van der Waals surface area contributed by atoms with E-state index in [1.807, 2.05) is 38.1 Å². The molecule has 126 valence electrons. The van der Waals surface area contributed by atoms with Crippen LogP contribution in [-0.2, 0) is 0 Å². The number of anilines is 2. The van der Waals surface area contributed by atoms with Crippen LogP contribution in [0.2, 0.25) is 0 Å². The Balaban J connectivity index is 1.76. The van der Waals surface area contributed by atoms with Crippen molar-refractivity contribution in [2.75, 3.05) is 43.9 Å². The Morgan fingerprint density at radius 3 is 2.61 bits per heavy atom. The summed E-state index contributed by atoms with van der Waals surface area (Å²) in [7, 11) is 3.87. The summed E-state index contributed by atoms with van der Waals surface area (Å²) < 4.78 is 0. The van der Waals surface area contributed by atoms with Gasteiger partial charge in [-0.2, -0.15) is 0 Å². The van der Waals surface area contributed by atoms with Crippen LogP contribution in [0.1, 0.15) is 19.8 Å². The summed E-state index contributed by atoms with van der Waals surface area (Å²) >= 11 is 0. The SMILES string of the molecule is C=C(C)CN1CCC(NC(=O)Nc2ccc(N(C)C)nc2)CC1. The van der Waals surface area contributed by atoms with E-state index in [2.05, 4.69) is 27.1 Å². The first kappa shape index (κ1) is 17.3. The van der Waals surface area contributed by atoms with E-state index in [1.165, 1.54) is 5.57 Å². The number of nitrogens with one attached hydrogen (secondary N) is 2. The number of amides is 2. The summed E-state index contributed by atoms with van der Waals surface area (Å²) in [5, 5.41) is 5.88. The first-order valence-corrected chi connectivity index (χ1v) is 8.01. The Labute approximate surface area is 138 Å². The van der Waals surface area contributed by atoms with Gasteiger partial charge in [0.05, 0.1) is 11.9 Å². The fraction of sp³-hybridized carbons (Fsp3) is 0.529. The van der Waals surface area contributed by atoms with E-state index in [0.29, 0.717) is 5.69 Å². The van der Waals surface area contributed by atoms with Crippen molar-refractivity contribution in [2.45, 2.75) is 25.8 Å². The zero-order valence-electron chi connectivity index (χ0n) is 14.3. The molecule has 0 spiro atoms. The molecule has 0 atom stereocenters. The predicted molar refractivity (Wildman–Crippen MR) is 95.0 cm³/mol. The van der Waals surface area contributed by atoms with Gasteiger partial charge in [-0.05, 0) is 31.9 Å². The second kappa shape index (κ2) is 7.97. The van der Waals surface area contributed by atoms with E-state index in [1.54, 1.807) is 6.20 Å². The molecule has 0 aliphatic carbocycles. The van der Waals surface area contributed by atoms with Crippen molar-refractivity contribution < 1.29 is 4.79 Å². The monoisotopic (exact) mass is 317 g/mol. The van der Waals surface area contributed by atoms with Crippen LogP contribution in [0.5, 0.6) is 0 Å². The molecule has 1 aliphatic heterocycles. The third kappa shape index (κ3) is 5.56. The largest absolute Gasteiger partial charge is 0.363 e. The minimum absolute atomic E-state index is 0.164. The van der Waals surface area contributed by atoms with Crippen LogP contribution in [0.15, 0.2) is 30.5 Å². The van der Waals surface area contributed by atoms with Crippen molar-refractivity contribution in [2.24, 2.45) is 0 Å². The minimum Gasteiger partial charge on any atom is -0.363 e. The fourth-order valence-corrected chi connectivity index (χ4v) is 2.69. The summed E-state index contributed by atoms with van der Waals surface area (Å²) in [4.78, 5) is 20.7. The lowest BCUT2D eigenvalue weighted by Gasteiger charge is -2.32. The highest BCUT2D eigenvalue weighted by atomic mass is 16.2. The smallest absolute Gasteiger partial charge is 0.319 e. The fourth-order valence-electron chi connectivity index (χ4n) is 2.69. The number of carbonyl (C=O) groups is 1. The Morgan fingerprint density at radius 1 is 1.39 bits per heavy atom. The highest BCUT2D eigenvalue weighted by Crippen LogP contribution is 2.13. The van der Waals surface area contributed by atoms with Gasteiger partial charge in [0.1, 0.15) is 5.82 Å². The molecule has 23 heavy (non-hydrogen) atoms. The van der Waals surface area contributed by atoms with Crippen LogP contribution in [0, 0.1) is 0 Å². The van der Waals surface area contributed by atoms with Crippen LogP contribution in [0.3, 0.4) is 0 Å². The van der Waals surface area contributed by atoms with Gasteiger partial charge in [-0.3, -0.25) is 4.90 Å². The zero-order valence-corrected chi connectivity index (χ0v) is 14.3. The van der Waals surface area contributed by atoms with Gasteiger partial charge < -0.3 is 15.5 Å². The Kier molecular flexibility index (Phi) is 5.98. The zero-order chi connectivity index (χ0) is 16.8. The number of urea groups is 1. The predicted octanol–water partition coefficient (Wildman–Crippen LogP) is 2.31. The normalized spacial score (nSPS) is 16.0. The van der Waals surface area contributed by atoms with Crippen molar-refractivity contribution in [1.29, 1.82) is 0 Å². The first-order valence-electron chi connectivity index (χ1n) is 8.01. The molecule has 1 aromatic heterocycles. The molecule has 0 unspecified atom stereocenters. The lowest BCUT2D eigenvalue weighted by molar-refractivity contribution is 0.207. The van der Waals surface area contributed by atoms with Gasteiger partial charge in [0.25, 0.3) is 0 Å². The van der Waals surface area contributed by atoms with Gasteiger partial charge in [0, 0.05) is 39.8 Å². The number of hydrogen-bond donors (Lipinski definition) is 2. The van der Waals surface area contributed by atoms with E-state index < -0.39 is 0 Å². The molecule has 2 rings (SSSR count). The molecule has 6 heteroatoms. The Hall–Kier alpha value is -2.08. The number of carbonyl (C=O) groups excluding carboxylic acids is 1. The highest BCUT2D eigenvalue weighted by molar-refractivity contribution is 5.89. The van der Waals surface area contributed by atoms with Crippen LogP contribution >= 0.6 is 0 Å². The topological polar surface area (TPSA) is 60.5 Å². The second-order valence-corrected chi connectivity index (χ2v) is 6.41. The average molecular weight is 317 g/mol. The van der Waals surface area contributed by atoms with Crippen molar-refractivity contribution in [3.63, 3.8) is 0 Å². The van der Waals surface area contributed by atoms with Gasteiger partial charge in [-0.15, -0.1) is 0 Å². The Morgan fingerprint density at radius 2 is 2.09 bits per heavy atom. The quantitative estimate of drug-likeness (QED) is 0.818. The number of aromatic nitrogens is 1. The van der Waals surface area contributed by atoms with E-state index in [9.17, 15) is 4.79 Å². The van der Waals surface area contributed by atoms with Crippen molar-refractivity contribution in [3.8, 4) is 0 Å². The molecule has 1 aromatic rings. The van der Waals surface area contributed by atoms with Crippen molar-refractivity contribution >= 4 is 17.5 Å². The van der Waals surface area contributed by atoms with Gasteiger partial charge in [-0.25, -0.2) is 9.78 Å². The van der Waals surface area contributed by atoms with E-state index >= 15 is 0 Å². The maximum absolute atomic E-state index is 12.1. The summed E-state index contributed by atoms with van der Waals surface area (Å²) in [5.41, 5.74) is 1.88. The first-order chi connectivity index (χ1) is 10.9. The van der Waals surface area contributed by atoms with E-state index in [4.69, 9.17) is 0 Å². The van der Waals surface area contributed by atoms with Crippen LogP contribution in [0.25, 0.3) is 0 Å². The minimum atomic E-state index is -0.164. The molecule has 6 nitrogen and oxygen atoms in total. The summed E-state index contributed by atoms with van der Waals surface area (Å²) in [6.45, 7) is 8.94. The van der Waals surface area contributed by atoms with Crippen LogP contribution < -0.4 is 15.5 Å². The molecular weight excluding hydrogens is 290 g/mol. The van der Waals surface area contributed by atoms with Gasteiger partial charge in [0.2, 0.25) is 0 Å². The average Bonchev–Trinajstić information content (AvgIpc) is 2.49. The summed E-state index contributed by atoms with van der Waals surface area (Å²) in [6.07, 6.45) is 3.61. The molecule has 2 N–H and O–H groups in total. The maximum atomic E-state index is 12.1. The molecule has 1 saturated heterocycles. The third-order valence-corrected chi connectivity index (χ3v) is 3.88. The number of likely N-dealkylation sites (tertiary alicyclic amines) is 1. The molecule has 1 fully saturated rings. The maximum Gasteiger partial charge on any atom is 0.319 e. The van der Waals surface area contributed by atoms with Gasteiger partial charge in [-0.1, -0.05) is 12.2 Å². The third-order valence-electron chi connectivity index (χ3n) is 3.88. The molecule has 1 aliphatic rings. The lowest BCUT2D eigenvalue weighted by Crippen LogP contribution is -2.46. The number of rotatable bonds is 5. The lowest BCUT2D eigenvalue weighted by atomic mass is 10.0. The van der Waals surface area contributed by atoms with Crippen molar-refractivity contribution in [3.05, 3.63) is 30.5 Å². The van der Waals surface area contributed by atoms with E-state index in [-0.39, 0.29) is 12.1 Å². The number of nitrogens with zero attached hydrogens (tertiary/aromatic N) is 3. The number of pyridine rings is 1. The summed E-state index contributed by atoms with van der Waals surface area (Å²) in [5.74, 6) is 0.862. The molecule has 0 bridgehead atoms. The number of hydrogen-bond acceptors (Lipinski definition) is 4. The standard InChI is InChI=1S/C17H27N5O/c1-13(2)12-22-9-7-14(8-10-22)19-17(23)20-15-5-6-16(18-11-15)21(3)4/h5-6,11,14H,1,7-10,12H2,2-4H3,(H2,19,20,23). The van der Waals surface area contributed by atoms with Crippen LogP contribution in [0.4, 0.5) is 16.3 Å². The Bertz CT molecular complexity index is 532. The molecule has 0 saturated carbocycles. The second-order valence-electron chi connectivity index (χ2n) is 6.41. The molecule has 2 heterocycles. The number of piperidine rings is 1. The van der Waals surface area contributed by atoms with E-state index in [0.717, 1.165) is 38.3 Å². The molecular formula is C17H27N5O. The molecule has 0 aromatic carbocycles.